The highest BCUT2D eigenvalue weighted by Crippen LogP contribution is 2.20. The molecule has 0 aliphatic carbocycles. The second-order valence-electron chi connectivity index (χ2n) is 6.08. The van der Waals surface area contributed by atoms with E-state index in [9.17, 15) is 4.39 Å². The molecule has 0 amide bonds. The first kappa shape index (κ1) is 23.2. The summed E-state index contributed by atoms with van der Waals surface area (Å²) in [6, 6.07) is 14.8. The van der Waals surface area contributed by atoms with Gasteiger partial charge in [0.25, 0.3) is 0 Å². The summed E-state index contributed by atoms with van der Waals surface area (Å²) in [6.07, 6.45) is 0. The van der Waals surface area contributed by atoms with Gasteiger partial charge in [-0.15, -0.1) is 24.8 Å². The summed E-state index contributed by atoms with van der Waals surface area (Å²) in [5, 5.41) is 3.41. The third-order valence-corrected chi connectivity index (χ3v) is 4.55. The van der Waals surface area contributed by atoms with Crippen LogP contribution in [0.25, 0.3) is 11.0 Å². The average molecular weight is 413 g/mol. The number of rotatable bonds is 8. The van der Waals surface area contributed by atoms with Crippen LogP contribution in [0.4, 0.5) is 10.3 Å². The van der Waals surface area contributed by atoms with E-state index < -0.39 is 0 Å². The molecule has 0 aliphatic heterocycles. The van der Waals surface area contributed by atoms with Gasteiger partial charge in [0.1, 0.15) is 5.82 Å². The van der Waals surface area contributed by atoms with E-state index in [1.54, 1.807) is 12.1 Å². The summed E-state index contributed by atoms with van der Waals surface area (Å²) in [7, 11) is 0. The molecule has 2 aromatic carbocycles. The Balaban J connectivity index is 0.00000182. The van der Waals surface area contributed by atoms with E-state index >= 15 is 0 Å². The van der Waals surface area contributed by atoms with Gasteiger partial charge in [-0.25, -0.2) is 9.37 Å². The number of nitrogens with zero attached hydrogens (tertiary/aromatic N) is 3. The molecule has 1 aromatic heterocycles. The highest BCUT2D eigenvalue weighted by atomic mass is 35.5. The standard InChI is InChI=1S/C20H25FN4.2ClH/c1-3-24(4-2)13-14-25-19-8-6-5-7-18(19)23-20(25)22-15-16-9-11-17(21)12-10-16;;/h5-12H,3-4,13-15H2,1-2H3,(H,22,23);2*1H. The number of benzene rings is 2. The maximum atomic E-state index is 13.1. The molecule has 1 heterocycles. The average Bonchev–Trinajstić information content (AvgIpc) is 3.00. The van der Waals surface area contributed by atoms with Crippen LogP contribution in [0.2, 0.25) is 0 Å². The van der Waals surface area contributed by atoms with Crippen LogP contribution in [0.5, 0.6) is 0 Å². The number of hydrogen-bond donors (Lipinski definition) is 1. The van der Waals surface area contributed by atoms with Gasteiger partial charge in [0, 0.05) is 19.6 Å². The Morgan fingerprint density at radius 2 is 1.67 bits per heavy atom. The van der Waals surface area contributed by atoms with Gasteiger partial charge >= 0.3 is 0 Å². The summed E-state index contributed by atoms with van der Waals surface area (Å²) < 4.78 is 15.3. The predicted molar refractivity (Wildman–Crippen MR) is 116 cm³/mol. The highest BCUT2D eigenvalue weighted by Gasteiger charge is 2.11. The molecule has 7 heteroatoms. The maximum Gasteiger partial charge on any atom is 0.204 e. The molecule has 4 nitrogen and oxygen atoms in total. The lowest BCUT2D eigenvalue weighted by molar-refractivity contribution is 0.292. The van der Waals surface area contributed by atoms with Crippen LogP contribution in [0.1, 0.15) is 19.4 Å². The van der Waals surface area contributed by atoms with Crippen LogP contribution in [0.15, 0.2) is 48.5 Å². The molecular formula is C20H27Cl2FN4. The number of nitrogens with one attached hydrogen (secondary N) is 1. The first-order valence-electron chi connectivity index (χ1n) is 8.87. The fraction of sp³-hybridized carbons (Fsp3) is 0.350. The highest BCUT2D eigenvalue weighted by molar-refractivity contribution is 5.85. The number of fused-ring (bicyclic) bond motifs is 1. The van der Waals surface area contributed by atoms with Crippen molar-refractivity contribution in [3.63, 3.8) is 0 Å². The van der Waals surface area contributed by atoms with E-state index in [0.717, 1.165) is 48.7 Å². The van der Waals surface area contributed by atoms with Crippen molar-refractivity contribution in [3.05, 3.63) is 59.9 Å². The van der Waals surface area contributed by atoms with E-state index in [1.807, 2.05) is 18.2 Å². The molecule has 0 atom stereocenters. The van der Waals surface area contributed by atoms with Crippen molar-refractivity contribution in [3.8, 4) is 0 Å². The Hall–Kier alpha value is -1.82. The van der Waals surface area contributed by atoms with Gasteiger partial charge in [-0.2, -0.15) is 0 Å². The molecule has 0 saturated carbocycles. The monoisotopic (exact) mass is 412 g/mol. The van der Waals surface area contributed by atoms with Crippen molar-refractivity contribution >= 4 is 41.8 Å². The minimum absolute atomic E-state index is 0. The maximum absolute atomic E-state index is 13.1. The summed E-state index contributed by atoms with van der Waals surface area (Å²) in [5.41, 5.74) is 3.16. The summed E-state index contributed by atoms with van der Waals surface area (Å²) in [4.78, 5) is 7.14. The van der Waals surface area contributed by atoms with Crippen molar-refractivity contribution in [1.29, 1.82) is 0 Å². The minimum atomic E-state index is -0.213. The van der Waals surface area contributed by atoms with Crippen molar-refractivity contribution < 1.29 is 4.39 Å². The van der Waals surface area contributed by atoms with Crippen molar-refractivity contribution in [1.82, 2.24) is 14.5 Å². The number of likely N-dealkylation sites (N-methyl/N-ethyl adjacent to an activating group) is 1. The fourth-order valence-corrected chi connectivity index (χ4v) is 3.00. The van der Waals surface area contributed by atoms with Crippen LogP contribution in [-0.2, 0) is 13.1 Å². The molecule has 0 aliphatic rings. The number of anilines is 1. The molecule has 0 radical (unpaired) electrons. The van der Waals surface area contributed by atoms with Gasteiger partial charge in [-0.1, -0.05) is 38.1 Å². The van der Waals surface area contributed by atoms with Gasteiger partial charge in [-0.3, -0.25) is 0 Å². The van der Waals surface area contributed by atoms with E-state index in [2.05, 4.69) is 34.7 Å². The number of halogens is 3. The molecule has 0 unspecified atom stereocenters. The summed E-state index contributed by atoms with van der Waals surface area (Å²) >= 11 is 0. The van der Waals surface area contributed by atoms with Crippen molar-refractivity contribution in [2.45, 2.75) is 26.9 Å². The number of aromatic nitrogens is 2. The van der Waals surface area contributed by atoms with Crippen LogP contribution in [0.3, 0.4) is 0 Å². The zero-order chi connectivity index (χ0) is 17.6. The Labute approximate surface area is 172 Å². The summed E-state index contributed by atoms with van der Waals surface area (Å²) in [5.74, 6) is 0.646. The normalized spacial score (nSPS) is 10.5. The smallest absolute Gasteiger partial charge is 0.204 e. The topological polar surface area (TPSA) is 33.1 Å². The first-order chi connectivity index (χ1) is 12.2. The largest absolute Gasteiger partial charge is 0.352 e. The molecule has 0 bridgehead atoms. The molecule has 148 valence electrons. The lowest BCUT2D eigenvalue weighted by atomic mass is 10.2. The molecule has 0 saturated heterocycles. The zero-order valence-electron chi connectivity index (χ0n) is 15.7. The van der Waals surface area contributed by atoms with E-state index in [-0.39, 0.29) is 30.6 Å². The van der Waals surface area contributed by atoms with Crippen LogP contribution < -0.4 is 5.32 Å². The van der Waals surface area contributed by atoms with Gasteiger partial charge in [-0.05, 0) is 42.9 Å². The Bertz CT molecular complexity index is 816. The fourth-order valence-electron chi connectivity index (χ4n) is 3.00. The van der Waals surface area contributed by atoms with Crippen LogP contribution >= 0.6 is 24.8 Å². The lowest BCUT2D eigenvalue weighted by Gasteiger charge is -2.19. The van der Waals surface area contributed by atoms with Crippen molar-refractivity contribution in [2.24, 2.45) is 0 Å². The van der Waals surface area contributed by atoms with Gasteiger partial charge < -0.3 is 14.8 Å². The number of para-hydroxylation sites is 2. The molecule has 3 rings (SSSR count). The predicted octanol–water partition coefficient (Wildman–Crippen LogP) is 4.97. The summed E-state index contributed by atoms with van der Waals surface area (Å²) in [6.45, 7) is 8.94. The Morgan fingerprint density at radius 3 is 2.33 bits per heavy atom. The Morgan fingerprint density at radius 1 is 1.00 bits per heavy atom. The molecular weight excluding hydrogens is 386 g/mol. The third kappa shape index (κ3) is 5.83. The Kier molecular flexibility index (Phi) is 9.56. The minimum Gasteiger partial charge on any atom is -0.352 e. The van der Waals surface area contributed by atoms with E-state index in [4.69, 9.17) is 4.98 Å². The van der Waals surface area contributed by atoms with E-state index in [1.165, 1.54) is 12.1 Å². The second kappa shape index (κ2) is 11.1. The zero-order valence-corrected chi connectivity index (χ0v) is 17.3. The SMILES string of the molecule is CCN(CC)CCn1c(NCc2ccc(F)cc2)nc2ccccc21.Cl.Cl. The molecule has 0 spiro atoms. The molecule has 1 N–H and O–H groups in total. The van der Waals surface area contributed by atoms with Crippen LogP contribution in [-0.4, -0.2) is 34.1 Å². The van der Waals surface area contributed by atoms with Crippen molar-refractivity contribution in [2.75, 3.05) is 25.0 Å². The third-order valence-electron chi connectivity index (χ3n) is 4.55. The number of imidazole rings is 1. The van der Waals surface area contributed by atoms with E-state index in [0.29, 0.717) is 6.54 Å². The molecule has 0 fully saturated rings. The first-order valence-corrected chi connectivity index (χ1v) is 8.87. The quantitative estimate of drug-likeness (QED) is 0.566. The van der Waals surface area contributed by atoms with Gasteiger partial charge in [0.05, 0.1) is 11.0 Å². The molecule has 3 aromatic rings. The lowest BCUT2D eigenvalue weighted by Crippen LogP contribution is -2.27. The second-order valence-corrected chi connectivity index (χ2v) is 6.08. The van der Waals surface area contributed by atoms with Gasteiger partial charge in [0.2, 0.25) is 5.95 Å². The van der Waals surface area contributed by atoms with Gasteiger partial charge in [0.15, 0.2) is 0 Å². The molecule has 27 heavy (non-hydrogen) atoms. The number of hydrogen-bond acceptors (Lipinski definition) is 3. The van der Waals surface area contributed by atoms with Crippen LogP contribution in [0, 0.1) is 5.82 Å².